The van der Waals surface area contributed by atoms with Crippen LogP contribution in [0, 0.1) is 0 Å². The summed E-state index contributed by atoms with van der Waals surface area (Å²) in [6.07, 6.45) is -7.73. The number of ether oxygens (including phenoxy) is 1. The number of alkyl halides is 9. The van der Waals surface area contributed by atoms with Crippen molar-refractivity contribution in [2.24, 2.45) is 0 Å². The quantitative estimate of drug-likeness (QED) is 0.236. The highest BCUT2D eigenvalue weighted by Crippen LogP contribution is 2.26. The third kappa shape index (κ3) is 13.4. The van der Waals surface area contributed by atoms with Gasteiger partial charge in [-0.3, -0.25) is 19.3 Å². The molecule has 4 aromatic rings. The van der Waals surface area contributed by atoms with Gasteiger partial charge < -0.3 is 20.1 Å². The summed E-state index contributed by atoms with van der Waals surface area (Å²) in [5.41, 5.74) is 5.19. The maximum Gasteiger partial charge on any atom is 0.490 e. The van der Waals surface area contributed by atoms with E-state index in [1.165, 1.54) is 0 Å². The van der Waals surface area contributed by atoms with Gasteiger partial charge in [-0.05, 0) is 36.4 Å². The van der Waals surface area contributed by atoms with Crippen LogP contribution in [-0.4, -0.2) is 95.7 Å². The van der Waals surface area contributed by atoms with Gasteiger partial charge in [0.25, 0.3) is 0 Å². The molecule has 1 aliphatic heterocycles. The van der Waals surface area contributed by atoms with Crippen molar-refractivity contribution in [1.29, 1.82) is 0 Å². The molecule has 266 valence electrons. The Bertz CT molecular complexity index is 1610. The van der Waals surface area contributed by atoms with Crippen LogP contribution in [0.2, 0.25) is 0 Å². The van der Waals surface area contributed by atoms with Crippen LogP contribution in [0.1, 0.15) is 17.5 Å². The Kier molecular flexibility index (Phi) is 14.0. The molecule has 49 heavy (non-hydrogen) atoms. The lowest BCUT2D eigenvalue weighted by molar-refractivity contribution is -0.193. The van der Waals surface area contributed by atoms with Gasteiger partial charge >= 0.3 is 36.4 Å². The molecule has 12 nitrogen and oxygen atoms in total. The van der Waals surface area contributed by atoms with E-state index in [1.807, 2.05) is 55.0 Å². The number of nitrogens with zero attached hydrogens (tertiary/aromatic N) is 5. The van der Waals surface area contributed by atoms with Crippen molar-refractivity contribution in [3.05, 3.63) is 84.7 Å². The molecule has 0 aromatic carbocycles. The summed E-state index contributed by atoms with van der Waals surface area (Å²) in [7, 11) is 0. The molecule has 0 amide bonds. The molecule has 1 unspecified atom stereocenters. The third-order valence-electron chi connectivity index (χ3n) is 5.81. The maximum atomic E-state index is 10.6. The highest BCUT2D eigenvalue weighted by molar-refractivity contribution is 5.73. The second-order valence-corrected chi connectivity index (χ2v) is 9.37. The molecular weight excluding hydrogens is 689 g/mol. The fourth-order valence-corrected chi connectivity index (χ4v) is 3.69. The van der Waals surface area contributed by atoms with Crippen molar-refractivity contribution in [1.82, 2.24) is 24.3 Å². The molecule has 21 heteroatoms. The van der Waals surface area contributed by atoms with E-state index in [4.69, 9.17) is 39.4 Å². The average molecular weight is 714 g/mol. The van der Waals surface area contributed by atoms with Gasteiger partial charge in [-0.1, -0.05) is 12.1 Å². The van der Waals surface area contributed by atoms with Gasteiger partial charge in [-0.15, -0.1) is 0 Å². The number of hydrogen-bond donors (Lipinski definition) is 3. The zero-order chi connectivity index (χ0) is 37.0. The fraction of sp³-hybridized carbons (Fsp3) is 0.286. The predicted molar refractivity (Wildman–Crippen MR) is 148 cm³/mol. The van der Waals surface area contributed by atoms with Gasteiger partial charge in [0.2, 0.25) is 0 Å². The summed E-state index contributed by atoms with van der Waals surface area (Å²) < 4.78 is 103. The van der Waals surface area contributed by atoms with Gasteiger partial charge in [0.1, 0.15) is 11.8 Å². The summed E-state index contributed by atoms with van der Waals surface area (Å²) in [6, 6.07) is 16.2. The lowest BCUT2D eigenvalue weighted by atomic mass is 10.2. The minimum absolute atomic E-state index is 0.0392. The Balaban J connectivity index is 0.000000325. The average Bonchev–Trinajstić information content (AvgIpc) is 3.47. The largest absolute Gasteiger partial charge is 0.490 e. The van der Waals surface area contributed by atoms with Crippen LogP contribution in [0.3, 0.4) is 0 Å². The van der Waals surface area contributed by atoms with Crippen LogP contribution in [0.5, 0.6) is 0 Å². The number of hydrogen-bond acceptors (Lipinski definition) is 8. The summed E-state index contributed by atoms with van der Waals surface area (Å²) in [5, 5.41) is 21.4. The summed E-state index contributed by atoms with van der Waals surface area (Å²) >= 11 is 0. The SMILES string of the molecule is O=C(O)C(F)(F)F.O=C(O)C(F)(F)F.O=C(O)C(F)(F)F.c1ccc(CN2CCOC(c3cn4c(-c5ccncc5)cccc4n3)C2)nc1. The Morgan fingerprint density at radius 3 is 1.82 bits per heavy atom. The highest BCUT2D eigenvalue weighted by Gasteiger charge is 2.39. The Morgan fingerprint density at radius 1 is 0.776 bits per heavy atom. The summed E-state index contributed by atoms with van der Waals surface area (Å²) in [6.45, 7) is 3.24. The van der Waals surface area contributed by atoms with Crippen LogP contribution in [0.15, 0.2) is 73.3 Å². The number of fused-ring (bicyclic) bond motifs is 1. The van der Waals surface area contributed by atoms with Gasteiger partial charge in [0.05, 0.1) is 23.7 Å². The number of rotatable bonds is 4. The standard InChI is InChI=1S/C22H21N5O.3C2HF3O2/c1-2-9-24-18(4-1)14-26-12-13-28-21(16-26)19-15-27-20(5-3-6-22(27)25-19)17-7-10-23-11-8-17;3*3-2(4,5)1(6)7/h1-11,15,21H,12-14,16H2;3*(H,6,7). The molecule has 1 atom stereocenters. The van der Waals surface area contributed by atoms with E-state index in [0.29, 0.717) is 6.61 Å². The minimum atomic E-state index is -5.08. The molecule has 3 N–H and O–H groups in total. The van der Waals surface area contributed by atoms with E-state index in [0.717, 1.165) is 47.9 Å². The smallest absolute Gasteiger partial charge is 0.475 e. The van der Waals surface area contributed by atoms with E-state index in [9.17, 15) is 39.5 Å². The topological polar surface area (TPSA) is 167 Å². The third-order valence-corrected chi connectivity index (χ3v) is 5.81. The first kappa shape index (κ1) is 39.9. The molecule has 0 spiro atoms. The lowest BCUT2D eigenvalue weighted by Gasteiger charge is -2.31. The van der Waals surface area contributed by atoms with E-state index < -0.39 is 36.4 Å². The van der Waals surface area contributed by atoms with E-state index in [1.54, 1.807) is 0 Å². The number of aromatic nitrogens is 4. The van der Waals surface area contributed by atoms with Crippen molar-refractivity contribution in [2.75, 3.05) is 19.7 Å². The molecule has 0 radical (unpaired) electrons. The number of aliphatic carboxylic acids is 3. The van der Waals surface area contributed by atoms with Crippen molar-refractivity contribution in [3.8, 4) is 11.3 Å². The lowest BCUT2D eigenvalue weighted by Crippen LogP contribution is -2.38. The molecule has 1 saturated heterocycles. The Labute approximate surface area is 269 Å². The van der Waals surface area contributed by atoms with Crippen LogP contribution in [-0.2, 0) is 25.7 Å². The van der Waals surface area contributed by atoms with Crippen molar-refractivity contribution < 1.29 is 74.0 Å². The number of carboxylic acids is 3. The molecule has 4 aromatic heterocycles. The first-order valence-electron chi connectivity index (χ1n) is 13.2. The van der Waals surface area contributed by atoms with Crippen molar-refractivity contribution >= 4 is 23.6 Å². The van der Waals surface area contributed by atoms with E-state index in [2.05, 4.69) is 37.6 Å². The first-order chi connectivity index (χ1) is 22.7. The molecule has 0 aliphatic carbocycles. The molecular formula is C28H24F9N5O7. The van der Waals surface area contributed by atoms with Crippen molar-refractivity contribution in [3.63, 3.8) is 0 Å². The van der Waals surface area contributed by atoms with Gasteiger partial charge in [-0.2, -0.15) is 39.5 Å². The number of carbonyl (C=O) groups is 3. The Morgan fingerprint density at radius 2 is 1.33 bits per heavy atom. The van der Waals surface area contributed by atoms with Crippen LogP contribution >= 0.6 is 0 Å². The normalized spacial score (nSPS) is 15.0. The summed E-state index contributed by atoms with van der Waals surface area (Å²) in [4.78, 5) is 42.5. The van der Waals surface area contributed by atoms with Crippen LogP contribution < -0.4 is 0 Å². The molecule has 5 rings (SSSR count). The number of morpholine rings is 1. The van der Waals surface area contributed by atoms with Crippen LogP contribution in [0.4, 0.5) is 39.5 Å². The first-order valence-corrected chi connectivity index (χ1v) is 13.2. The monoisotopic (exact) mass is 713 g/mol. The zero-order valence-corrected chi connectivity index (χ0v) is 24.4. The summed E-state index contributed by atoms with van der Waals surface area (Å²) in [5.74, 6) is -8.27. The number of pyridine rings is 3. The molecule has 5 heterocycles. The van der Waals surface area contributed by atoms with E-state index >= 15 is 0 Å². The second-order valence-electron chi connectivity index (χ2n) is 9.37. The molecule has 0 bridgehead atoms. The number of imidazole rings is 1. The van der Waals surface area contributed by atoms with Gasteiger partial charge in [-0.25, -0.2) is 19.4 Å². The number of halogens is 9. The zero-order valence-electron chi connectivity index (χ0n) is 24.4. The maximum absolute atomic E-state index is 10.6. The van der Waals surface area contributed by atoms with Gasteiger partial charge in [0, 0.05) is 50.0 Å². The van der Waals surface area contributed by atoms with E-state index in [-0.39, 0.29) is 6.10 Å². The molecule has 1 fully saturated rings. The highest BCUT2D eigenvalue weighted by atomic mass is 19.4. The van der Waals surface area contributed by atoms with Crippen molar-refractivity contribution in [2.45, 2.75) is 31.2 Å². The van der Waals surface area contributed by atoms with Crippen LogP contribution in [0.25, 0.3) is 16.9 Å². The minimum Gasteiger partial charge on any atom is -0.475 e. The fourth-order valence-electron chi connectivity index (χ4n) is 3.69. The molecule has 0 saturated carbocycles. The number of carboxylic acid groups (broad SMARTS) is 3. The predicted octanol–water partition coefficient (Wildman–Crippen LogP) is 5.26. The molecule has 1 aliphatic rings. The second kappa shape index (κ2) is 17.2. The Hall–Kier alpha value is -5.31. The van der Waals surface area contributed by atoms with Gasteiger partial charge in [0.15, 0.2) is 0 Å².